The van der Waals surface area contributed by atoms with Gasteiger partial charge in [0.15, 0.2) is 11.5 Å². The summed E-state index contributed by atoms with van der Waals surface area (Å²) in [6, 6.07) is 3.91. The van der Waals surface area contributed by atoms with Gasteiger partial charge in [0.1, 0.15) is 5.60 Å². The summed E-state index contributed by atoms with van der Waals surface area (Å²) in [6.45, 7) is 2.20. The minimum atomic E-state index is -0.949. The number of terminal acetylenes is 1. The fourth-order valence-corrected chi connectivity index (χ4v) is 6.00. The zero-order valence-corrected chi connectivity index (χ0v) is 14.5. The van der Waals surface area contributed by atoms with E-state index in [1.54, 1.807) is 7.11 Å². The first-order chi connectivity index (χ1) is 11.4. The van der Waals surface area contributed by atoms with Crippen molar-refractivity contribution in [2.24, 2.45) is 17.3 Å². The fraction of sp³-hybridized carbons (Fsp3) is 0.619. The van der Waals surface area contributed by atoms with Crippen LogP contribution in [-0.2, 0) is 6.42 Å². The summed E-state index contributed by atoms with van der Waals surface area (Å²) in [4.78, 5) is 0. The Morgan fingerprint density at radius 1 is 1.25 bits per heavy atom. The second kappa shape index (κ2) is 5.17. The van der Waals surface area contributed by atoms with Gasteiger partial charge in [-0.3, -0.25) is 0 Å². The Morgan fingerprint density at radius 3 is 2.75 bits per heavy atom. The first-order valence-electron chi connectivity index (χ1n) is 9.03. The molecule has 3 heteroatoms. The molecule has 0 bridgehead atoms. The third kappa shape index (κ3) is 1.90. The Labute approximate surface area is 144 Å². The molecular weight excluding hydrogens is 300 g/mol. The molecule has 1 aromatic carbocycles. The lowest BCUT2D eigenvalue weighted by molar-refractivity contribution is -0.0647. The molecule has 3 nitrogen and oxygen atoms in total. The number of aliphatic hydroxyl groups is 1. The summed E-state index contributed by atoms with van der Waals surface area (Å²) in [7, 11) is 1.60. The van der Waals surface area contributed by atoms with Crippen molar-refractivity contribution >= 4 is 0 Å². The minimum absolute atomic E-state index is 0.165. The predicted octanol–water partition coefficient (Wildman–Crippen LogP) is 3.62. The van der Waals surface area contributed by atoms with Crippen LogP contribution in [0.5, 0.6) is 11.5 Å². The van der Waals surface area contributed by atoms with Crippen LogP contribution in [0.2, 0.25) is 0 Å². The molecule has 128 valence electrons. The number of fused-ring (bicyclic) bond motifs is 5. The highest BCUT2D eigenvalue weighted by Crippen LogP contribution is 2.64. The lowest BCUT2D eigenvalue weighted by Crippen LogP contribution is -2.50. The van der Waals surface area contributed by atoms with Crippen molar-refractivity contribution in [3.05, 3.63) is 23.3 Å². The number of aromatic hydroxyl groups is 1. The van der Waals surface area contributed by atoms with E-state index >= 15 is 0 Å². The molecule has 0 unspecified atom stereocenters. The maximum Gasteiger partial charge on any atom is 0.160 e. The van der Waals surface area contributed by atoms with Gasteiger partial charge in [0.2, 0.25) is 0 Å². The van der Waals surface area contributed by atoms with E-state index in [1.165, 1.54) is 11.1 Å². The van der Waals surface area contributed by atoms with Crippen molar-refractivity contribution in [3.8, 4) is 23.8 Å². The van der Waals surface area contributed by atoms with Gasteiger partial charge >= 0.3 is 0 Å². The molecule has 5 atom stereocenters. The maximum atomic E-state index is 11.0. The van der Waals surface area contributed by atoms with E-state index in [0.717, 1.165) is 38.5 Å². The predicted molar refractivity (Wildman–Crippen MR) is 93.1 cm³/mol. The van der Waals surface area contributed by atoms with Crippen LogP contribution >= 0.6 is 0 Å². The van der Waals surface area contributed by atoms with Crippen LogP contribution in [0.15, 0.2) is 12.1 Å². The van der Waals surface area contributed by atoms with Crippen molar-refractivity contribution < 1.29 is 14.9 Å². The summed E-state index contributed by atoms with van der Waals surface area (Å²) >= 11 is 0. The Morgan fingerprint density at radius 2 is 2.04 bits per heavy atom. The topological polar surface area (TPSA) is 49.7 Å². The largest absolute Gasteiger partial charge is 0.504 e. The lowest BCUT2D eigenvalue weighted by atomic mass is 9.53. The normalized spacial score (nSPS) is 40.2. The highest BCUT2D eigenvalue weighted by atomic mass is 16.5. The number of phenols is 1. The van der Waals surface area contributed by atoms with Crippen molar-refractivity contribution in [3.63, 3.8) is 0 Å². The monoisotopic (exact) mass is 326 g/mol. The van der Waals surface area contributed by atoms with Crippen molar-refractivity contribution in [1.29, 1.82) is 0 Å². The Hall–Kier alpha value is -1.66. The quantitative estimate of drug-likeness (QED) is 0.775. The zero-order chi connectivity index (χ0) is 17.1. The Kier molecular flexibility index (Phi) is 3.41. The molecule has 2 fully saturated rings. The average Bonchev–Trinajstić information content (AvgIpc) is 2.86. The van der Waals surface area contributed by atoms with Crippen LogP contribution in [-0.4, -0.2) is 22.9 Å². The molecule has 0 aromatic heterocycles. The van der Waals surface area contributed by atoms with Gasteiger partial charge in [0, 0.05) is 5.41 Å². The first kappa shape index (κ1) is 15.8. The maximum absolute atomic E-state index is 11.0. The van der Waals surface area contributed by atoms with E-state index in [2.05, 4.69) is 12.8 Å². The Balaban J connectivity index is 1.73. The summed E-state index contributed by atoms with van der Waals surface area (Å²) in [6.07, 6.45) is 11.6. The molecule has 0 radical (unpaired) electrons. The highest BCUT2D eigenvalue weighted by molar-refractivity contribution is 5.49. The number of hydrogen-bond acceptors (Lipinski definition) is 3. The van der Waals surface area contributed by atoms with E-state index in [-0.39, 0.29) is 11.2 Å². The van der Waals surface area contributed by atoms with Crippen LogP contribution in [0.1, 0.15) is 56.1 Å². The number of phenolic OH excluding ortho intramolecular Hbond substituents is 1. The smallest absolute Gasteiger partial charge is 0.160 e. The minimum Gasteiger partial charge on any atom is -0.504 e. The molecule has 24 heavy (non-hydrogen) atoms. The van der Waals surface area contributed by atoms with E-state index in [0.29, 0.717) is 23.5 Å². The summed E-state index contributed by atoms with van der Waals surface area (Å²) in [5.74, 6) is 5.05. The standard InChI is InChI=1S/C21H26O3/c1-4-21(23)10-8-17-15-6-5-13-11-18(22)19(24-3)12-16(13)14(15)7-9-20(17,21)2/h1,11-12,14-15,17,22-23H,5-10H2,2-3H3/t14-,15+,17-,20-,21+/m0/s1. The molecule has 0 aliphatic heterocycles. The van der Waals surface area contributed by atoms with Gasteiger partial charge in [0.05, 0.1) is 7.11 Å². The van der Waals surface area contributed by atoms with Crippen molar-refractivity contribution in [2.45, 2.75) is 57.0 Å². The summed E-state index contributed by atoms with van der Waals surface area (Å²) in [5.41, 5.74) is 1.47. The fourth-order valence-electron chi connectivity index (χ4n) is 6.00. The number of rotatable bonds is 1. The first-order valence-corrected chi connectivity index (χ1v) is 9.03. The van der Waals surface area contributed by atoms with E-state index in [1.807, 2.05) is 12.1 Å². The van der Waals surface area contributed by atoms with Crippen LogP contribution in [0.4, 0.5) is 0 Å². The molecule has 0 spiro atoms. The van der Waals surface area contributed by atoms with E-state index in [4.69, 9.17) is 11.2 Å². The summed E-state index contributed by atoms with van der Waals surface area (Å²) in [5, 5.41) is 21.0. The van der Waals surface area contributed by atoms with Crippen molar-refractivity contribution in [1.82, 2.24) is 0 Å². The molecule has 2 saturated carbocycles. The lowest BCUT2D eigenvalue weighted by Gasteiger charge is -2.52. The number of aryl methyl sites for hydroxylation is 1. The molecule has 1 aromatic rings. The molecule has 0 saturated heterocycles. The molecule has 3 aliphatic carbocycles. The third-order valence-corrected chi connectivity index (χ3v) is 7.41. The van der Waals surface area contributed by atoms with Crippen LogP contribution in [0.25, 0.3) is 0 Å². The van der Waals surface area contributed by atoms with Crippen LogP contribution in [0, 0.1) is 29.6 Å². The number of methoxy groups -OCH3 is 1. The molecule has 0 amide bonds. The second-order valence-electron chi connectivity index (χ2n) is 8.14. The number of hydrogen-bond donors (Lipinski definition) is 2. The third-order valence-electron chi connectivity index (χ3n) is 7.41. The van der Waals surface area contributed by atoms with E-state index in [9.17, 15) is 10.2 Å². The molecule has 4 rings (SSSR count). The highest BCUT2D eigenvalue weighted by Gasteiger charge is 2.61. The number of benzene rings is 1. The van der Waals surface area contributed by atoms with Gasteiger partial charge in [-0.05, 0) is 79.5 Å². The van der Waals surface area contributed by atoms with Gasteiger partial charge in [-0.25, -0.2) is 0 Å². The van der Waals surface area contributed by atoms with Gasteiger partial charge in [-0.1, -0.05) is 12.8 Å². The molecule has 3 aliphatic rings. The van der Waals surface area contributed by atoms with Crippen LogP contribution in [0.3, 0.4) is 0 Å². The molecular formula is C21H26O3. The zero-order valence-electron chi connectivity index (χ0n) is 14.5. The van der Waals surface area contributed by atoms with Gasteiger partial charge in [-0.15, -0.1) is 6.42 Å². The van der Waals surface area contributed by atoms with Crippen LogP contribution < -0.4 is 4.74 Å². The van der Waals surface area contributed by atoms with E-state index < -0.39 is 5.60 Å². The van der Waals surface area contributed by atoms with Gasteiger partial charge in [-0.2, -0.15) is 0 Å². The summed E-state index contributed by atoms with van der Waals surface area (Å²) < 4.78 is 5.33. The molecule has 2 N–H and O–H groups in total. The van der Waals surface area contributed by atoms with Gasteiger partial charge in [0.25, 0.3) is 0 Å². The van der Waals surface area contributed by atoms with Crippen molar-refractivity contribution in [2.75, 3.05) is 7.11 Å². The Bertz CT molecular complexity index is 719. The number of ether oxygens (including phenoxy) is 1. The molecule has 0 heterocycles. The SMILES string of the molecule is C#C[C@@]1(O)CC[C@H]2[C@@H]3CCc4cc(O)c(OC)cc4[C@H]3CC[C@@]21C. The second-order valence-corrected chi connectivity index (χ2v) is 8.14. The average molecular weight is 326 g/mol. The van der Waals surface area contributed by atoms with Gasteiger partial charge < -0.3 is 14.9 Å².